The number of hydrogen-bond donors (Lipinski definition) is 2. The number of carbonyl (C=O) groups excluding carboxylic acids is 1. The van der Waals surface area contributed by atoms with Crippen LogP contribution in [0.3, 0.4) is 0 Å². The van der Waals surface area contributed by atoms with Crippen molar-refractivity contribution >= 4 is 16.9 Å². The molecule has 0 bridgehead atoms. The zero-order chi connectivity index (χ0) is 13.0. The topological polar surface area (TPSA) is 62.3 Å². The van der Waals surface area contributed by atoms with Crippen molar-refractivity contribution in [2.45, 2.75) is 6.92 Å². The maximum absolute atomic E-state index is 11.6. The third kappa shape index (κ3) is 2.53. The van der Waals surface area contributed by atoms with Crippen LogP contribution in [0.15, 0.2) is 24.3 Å². The van der Waals surface area contributed by atoms with Gasteiger partial charge < -0.3 is 14.8 Å². The molecule has 0 aliphatic heterocycles. The molecule has 18 heavy (non-hydrogen) atoms. The largest absolute Gasteiger partial charge is 0.461 e. The summed E-state index contributed by atoms with van der Waals surface area (Å²) >= 11 is 0. The van der Waals surface area contributed by atoms with Gasteiger partial charge in [-0.25, -0.2) is 4.79 Å². The number of fused-ring (bicyclic) bond motifs is 1. The van der Waals surface area contributed by atoms with Crippen LogP contribution in [0.2, 0.25) is 0 Å². The molecule has 4 heteroatoms. The van der Waals surface area contributed by atoms with Crippen molar-refractivity contribution in [2.75, 3.05) is 13.2 Å². The Bertz CT molecular complexity index is 631. The lowest BCUT2D eigenvalue weighted by Crippen LogP contribution is -2.04. The molecule has 92 valence electrons. The molecule has 1 aromatic carbocycles. The minimum Gasteiger partial charge on any atom is -0.461 e. The lowest BCUT2D eigenvalue weighted by atomic mass is 10.1. The van der Waals surface area contributed by atoms with Crippen LogP contribution in [0, 0.1) is 11.8 Å². The summed E-state index contributed by atoms with van der Waals surface area (Å²) in [6, 6.07) is 7.29. The summed E-state index contributed by atoms with van der Waals surface area (Å²) in [6.07, 6.45) is 0. The van der Waals surface area contributed by atoms with Crippen LogP contribution in [0.1, 0.15) is 23.0 Å². The molecule has 2 N–H and O–H groups in total. The quantitative estimate of drug-likeness (QED) is 0.623. The van der Waals surface area contributed by atoms with E-state index in [1.807, 2.05) is 18.2 Å². The van der Waals surface area contributed by atoms with Crippen LogP contribution >= 0.6 is 0 Å². The van der Waals surface area contributed by atoms with Gasteiger partial charge in [-0.3, -0.25) is 0 Å². The van der Waals surface area contributed by atoms with Crippen molar-refractivity contribution in [3.05, 3.63) is 35.5 Å². The Balaban J connectivity index is 2.36. The zero-order valence-corrected chi connectivity index (χ0v) is 9.99. The Morgan fingerprint density at radius 2 is 2.28 bits per heavy atom. The highest BCUT2D eigenvalue weighted by molar-refractivity contribution is 5.95. The molecule has 0 saturated carbocycles. The van der Waals surface area contributed by atoms with Crippen molar-refractivity contribution in [1.82, 2.24) is 4.98 Å². The summed E-state index contributed by atoms with van der Waals surface area (Å²) in [4.78, 5) is 14.5. The molecule has 2 rings (SSSR count). The van der Waals surface area contributed by atoms with E-state index in [4.69, 9.17) is 9.84 Å². The normalized spacial score (nSPS) is 9.89. The first kappa shape index (κ1) is 12.2. The minimum atomic E-state index is -0.364. The molecule has 1 heterocycles. The number of H-pyrrole nitrogens is 1. The van der Waals surface area contributed by atoms with Gasteiger partial charge in [-0.05, 0) is 25.1 Å². The van der Waals surface area contributed by atoms with Crippen molar-refractivity contribution in [3.8, 4) is 11.8 Å². The Morgan fingerprint density at radius 3 is 3.00 bits per heavy atom. The van der Waals surface area contributed by atoms with Gasteiger partial charge in [0.2, 0.25) is 0 Å². The van der Waals surface area contributed by atoms with Gasteiger partial charge in [-0.2, -0.15) is 0 Å². The monoisotopic (exact) mass is 243 g/mol. The number of rotatable bonds is 2. The number of benzene rings is 1. The van der Waals surface area contributed by atoms with Crippen LogP contribution in [0.4, 0.5) is 0 Å². The van der Waals surface area contributed by atoms with E-state index in [1.54, 1.807) is 13.0 Å². The fourth-order valence-corrected chi connectivity index (χ4v) is 1.67. The summed E-state index contributed by atoms with van der Waals surface area (Å²) in [7, 11) is 0. The highest BCUT2D eigenvalue weighted by Gasteiger charge is 2.09. The number of aromatic nitrogens is 1. The smallest absolute Gasteiger partial charge is 0.354 e. The molecular weight excluding hydrogens is 230 g/mol. The molecule has 0 amide bonds. The Kier molecular flexibility index (Phi) is 3.66. The Morgan fingerprint density at radius 1 is 1.44 bits per heavy atom. The molecule has 1 aromatic heterocycles. The first-order valence-electron chi connectivity index (χ1n) is 5.64. The van der Waals surface area contributed by atoms with E-state index in [-0.39, 0.29) is 12.6 Å². The summed E-state index contributed by atoms with van der Waals surface area (Å²) in [6.45, 7) is 1.95. The fourth-order valence-electron chi connectivity index (χ4n) is 1.67. The summed E-state index contributed by atoms with van der Waals surface area (Å²) in [5, 5.41) is 9.56. The first-order chi connectivity index (χ1) is 8.74. The predicted octanol–water partition coefficient (Wildman–Crippen LogP) is 1.69. The average Bonchev–Trinajstić information content (AvgIpc) is 2.79. The van der Waals surface area contributed by atoms with Gasteiger partial charge in [0.15, 0.2) is 0 Å². The highest BCUT2D eigenvalue weighted by Crippen LogP contribution is 2.17. The number of aliphatic hydroxyl groups excluding tert-OH is 1. The van der Waals surface area contributed by atoms with E-state index in [0.29, 0.717) is 12.3 Å². The molecule has 0 radical (unpaired) electrons. The van der Waals surface area contributed by atoms with Crippen LogP contribution in [-0.4, -0.2) is 29.3 Å². The highest BCUT2D eigenvalue weighted by atomic mass is 16.5. The van der Waals surface area contributed by atoms with E-state index in [0.717, 1.165) is 16.5 Å². The van der Waals surface area contributed by atoms with E-state index in [1.165, 1.54) is 0 Å². The predicted molar refractivity (Wildman–Crippen MR) is 68.2 cm³/mol. The fraction of sp³-hybridized carbons (Fsp3) is 0.214. The zero-order valence-electron chi connectivity index (χ0n) is 9.99. The van der Waals surface area contributed by atoms with Crippen LogP contribution in [-0.2, 0) is 4.74 Å². The van der Waals surface area contributed by atoms with Gasteiger partial charge in [0.25, 0.3) is 0 Å². The van der Waals surface area contributed by atoms with Gasteiger partial charge in [0.1, 0.15) is 12.3 Å². The third-order valence-electron chi connectivity index (χ3n) is 2.43. The Labute approximate surface area is 105 Å². The average molecular weight is 243 g/mol. The summed E-state index contributed by atoms with van der Waals surface area (Å²) in [5.41, 5.74) is 2.04. The number of aliphatic hydroxyl groups is 1. The molecular formula is C14H13NO3. The molecule has 4 nitrogen and oxygen atoms in total. The van der Waals surface area contributed by atoms with E-state index in [9.17, 15) is 4.79 Å². The summed E-state index contributed by atoms with van der Waals surface area (Å²) < 4.78 is 4.92. The van der Waals surface area contributed by atoms with Crippen LogP contribution < -0.4 is 0 Å². The van der Waals surface area contributed by atoms with E-state index >= 15 is 0 Å². The maximum atomic E-state index is 11.6. The molecule has 0 spiro atoms. The van der Waals surface area contributed by atoms with Crippen molar-refractivity contribution in [2.24, 2.45) is 0 Å². The molecule has 0 aliphatic rings. The second kappa shape index (κ2) is 5.39. The van der Waals surface area contributed by atoms with Crippen molar-refractivity contribution in [3.63, 3.8) is 0 Å². The maximum Gasteiger partial charge on any atom is 0.354 e. The lowest BCUT2D eigenvalue weighted by Gasteiger charge is -1.96. The van der Waals surface area contributed by atoms with Gasteiger partial charge in [-0.1, -0.05) is 17.9 Å². The van der Waals surface area contributed by atoms with E-state index < -0.39 is 0 Å². The second-order valence-corrected chi connectivity index (χ2v) is 3.67. The number of aromatic amines is 1. The lowest BCUT2D eigenvalue weighted by molar-refractivity contribution is 0.0520. The van der Waals surface area contributed by atoms with Gasteiger partial charge >= 0.3 is 5.97 Å². The first-order valence-corrected chi connectivity index (χ1v) is 5.64. The molecule has 0 aliphatic carbocycles. The van der Waals surface area contributed by atoms with Crippen LogP contribution in [0.25, 0.3) is 10.9 Å². The number of nitrogens with one attached hydrogen (secondary N) is 1. The number of hydrogen-bond acceptors (Lipinski definition) is 3. The molecule has 0 saturated heterocycles. The van der Waals surface area contributed by atoms with Gasteiger partial charge in [-0.15, -0.1) is 0 Å². The summed E-state index contributed by atoms with van der Waals surface area (Å²) in [5.74, 6) is 5.03. The molecule has 0 unspecified atom stereocenters. The number of ether oxygens (including phenoxy) is 1. The Hall–Kier alpha value is -2.25. The molecule has 0 atom stereocenters. The van der Waals surface area contributed by atoms with Crippen molar-refractivity contribution in [1.29, 1.82) is 0 Å². The SMILES string of the molecule is CCOC(=O)c1cc2ccc(C#CCO)cc2[nH]1. The standard InChI is InChI=1S/C14H13NO3/c1-2-18-14(17)13-9-11-6-5-10(4-3-7-16)8-12(11)15-13/h5-6,8-9,15-16H,2,7H2,1H3. The minimum absolute atomic E-state index is 0.170. The van der Waals surface area contributed by atoms with Gasteiger partial charge in [0, 0.05) is 16.5 Å². The second-order valence-electron chi connectivity index (χ2n) is 3.67. The number of esters is 1. The van der Waals surface area contributed by atoms with Crippen LogP contribution in [0.5, 0.6) is 0 Å². The number of carbonyl (C=O) groups is 1. The third-order valence-corrected chi connectivity index (χ3v) is 2.43. The van der Waals surface area contributed by atoms with E-state index in [2.05, 4.69) is 16.8 Å². The molecule has 0 fully saturated rings. The molecule has 2 aromatic rings. The van der Waals surface area contributed by atoms with Gasteiger partial charge in [0.05, 0.1) is 6.61 Å². The van der Waals surface area contributed by atoms with Crippen molar-refractivity contribution < 1.29 is 14.6 Å².